The number of fused-ring (bicyclic) bond motifs is 1. The van der Waals surface area contributed by atoms with Crippen LogP contribution in [0.4, 0.5) is 21.9 Å². The topological polar surface area (TPSA) is 80.5 Å². The van der Waals surface area contributed by atoms with Crippen LogP contribution < -0.4 is 26.0 Å². The number of nitrogens with one attached hydrogen (secondary N) is 2. The number of methoxy groups -OCH3 is 1. The van der Waals surface area contributed by atoms with Gasteiger partial charge in [0, 0.05) is 38.9 Å². The van der Waals surface area contributed by atoms with E-state index in [1.165, 1.54) is 0 Å². The van der Waals surface area contributed by atoms with Crippen LogP contribution in [0.3, 0.4) is 0 Å². The van der Waals surface area contributed by atoms with E-state index >= 15 is 0 Å². The lowest BCUT2D eigenvalue weighted by Crippen LogP contribution is -2.24. The van der Waals surface area contributed by atoms with Crippen LogP contribution in [-0.4, -0.2) is 35.4 Å². The number of anilines is 3. The molecule has 8 heteroatoms. The molecule has 2 heterocycles. The fraction of sp³-hybridized carbons (Fsp3) is 0.333. The van der Waals surface area contributed by atoms with Gasteiger partial charge in [0.2, 0.25) is 0 Å². The summed E-state index contributed by atoms with van der Waals surface area (Å²) in [5.41, 5.74) is 3.77. The highest BCUT2D eigenvalue weighted by atomic mass is 16.5. The number of hydrogen-bond donors (Lipinski definition) is 2. The van der Waals surface area contributed by atoms with E-state index < -0.39 is 0 Å². The quantitative estimate of drug-likeness (QED) is 0.711. The van der Waals surface area contributed by atoms with Crippen molar-refractivity contribution in [3.63, 3.8) is 0 Å². The molecule has 0 radical (unpaired) electrons. The van der Waals surface area contributed by atoms with E-state index in [1.54, 1.807) is 42.5 Å². The smallest absolute Gasteiger partial charge is 0.328 e. The summed E-state index contributed by atoms with van der Waals surface area (Å²) in [5.74, 6) is 0.668. The first-order chi connectivity index (χ1) is 14.0. The van der Waals surface area contributed by atoms with Crippen LogP contribution in [0.15, 0.2) is 41.2 Å². The summed E-state index contributed by atoms with van der Waals surface area (Å²) in [7, 11) is 5.09. The molecule has 0 bridgehead atoms. The van der Waals surface area contributed by atoms with Crippen molar-refractivity contribution in [3.05, 3.63) is 46.9 Å². The SMILES string of the molecule is COc1cccc(NC(=O)Nc2cc3c(cc2N2CCCC2)n(C)c(=O)n3C)c1. The molecule has 2 aromatic carbocycles. The van der Waals surface area contributed by atoms with Crippen molar-refractivity contribution in [3.8, 4) is 5.75 Å². The van der Waals surface area contributed by atoms with Crippen LogP contribution >= 0.6 is 0 Å². The van der Waals surface area contributed by atoms with Crippen LogP contribution in [-0.2, 0) is 14.1 Å². The lowest BCUT2D eigenvalue weighted by molar-refractivity contribution is 0.262. The number of amides is 2. The van der Waals surface area contributed by atoms with Crippen LogP contribution in [0.25, 0.3) is 11.0 Å². The minimum Gasteiger partial charge on any atom is -0.497 e. The summed E-state index contributed by atoms with van der Waals surface area (Å²) in [6.45, 7) is 1.86. The summed E-state index contributed by atoms with van der Waals surface area (Å²) in [4.78, 5) is 27.3. The van der Waals surface area contributed by atoms with Crippen molar-refractivity contribution < 1.29 is 9.53 Å². The van der Waals surface area contributed by atoms with E-state index in [0.717, 1.165) is 42.7 Å². The van der Waals surface area contributed by atoms with Gasteiger partial charge in [0.15, 0.2) is 0 Å². The van der Waals surface area contributed by atoms with Gasteiger partial charge in [-0.25, -0.2) is 9.59 Å². The third-order valence-corrected chi connectivity index (χ3v) is 5.41. The molecule has 0 spiro atoms. The Morgan fingerprint density at radius 3 is 2.38 bits per heavy atom. The van der Waals surface area contributed by atoms with Crippen molar-refractivity contribution >= 4 is 34.1 Å². The first kappa shape index (κ1) is 18.9. The Balaban J connectivity index is 1.69. The van der Waals surface area contributed by atoms with Crippen LogP contribution in [0.1, 0.15) is 12.8 Å². The molecular weight excluding hydrogens is 370 g/mol. The molecule has 0 unspecified atom stereocenters. The van der Waals surface area contributed by atoms with Gasteiger partial charge in [0.25, 0.3) is 0 Å². The number of hydrogen-bond acceptors (Lipinski definition) is 4. The molecule has 2 amide bonds. The molecule has 4 rings (SSSR count). The van der Waals surface area contributed by atoms with Gasteiger partial charge >= 0.3 is 11.7 Å². The van der Waals surface area contributed by atoms with Gasteiger partial charge in [-0.1, -0.05) is 6.07 Å². The average Bonchev–Trinajstić information content (AvgIpc) is 3.32. The van der Waals surface area contributed by atoms with E-state index in [9.17, 15) is 9.59 Å². The molecule has 0 saturated carbocycles. The molecule has 3 aromatic rings. The molecule has 1 aromatic heterocycles. The van der Waals surface area contributed by atoms with Gasteiger partial charge in [0.1, 0.15) is 5.75 Å². The fourth-order valence-electron chi connectivity index (χ4n) is 3.84. The largest absolute Gasteiger partial charge is 0.497 e. The van der Waals surface area contributed by atoms with Gasteiger partial charge in [0.05, 0.1) is 29.5 Å². The number of benzene rings is 2. The molecular formula is C21H25N5O3. The van der Waals surface area contributed by atoms with Crippen molar-refractivity contribution in [2.45, 2.75) is 12.8 Å². The number of carbonyl (C=O) groups is 1. The molecule has 152 valence electrons. The molecule has 29 heavy (non-hydrogen) atoms. The number of ether oxygens (including phenoxy) is 1. The maximum Gasteiger partial charge on any atom is 0.328 e. The van der Waals surface area contributed by atoms with E-state index in [1.807, 2.05) is 24.3 Å². The summed E-state index contributed by atoms with van der Waals surface area (Å²) in [5, 5.41) is 5.80. The van der Waals surface area contributed by atoms with Crippen LogP contribution in [0, 0.1) is 0 Å². The number of rotatable bonds is 4. The van der Waals surface area contributed by atoms with E-state index in [4.69, 9.17) is 4.74 Å². The minimum atomic E-state index is -0.348. The van der Waals surface area contributed by atoms with Crippen molar-refractivity contribution in [2.75, 3.05) is 35.7 Å². The van der Waals surface area contributed by atoms with Gasteiger partial charge in [-0.05, 0) is 37.1 Å². The Bertz CT molecular complexity index is 1130. The first-order valence-electron chi connectivity index (χ1n) is 9.64. The third kappa shape index (κ3) is 3.53. The highest BCUT2D eigenvalue weighted by molar-refractivity contribution is 6.04. The summed E-state index contributed by atoms with van der Waals surface area (Å²) >= 11 is 0. The monoisotopic (exact) mass is 395 g/mol. The number of nitrogens with zero attached hydrogens (tertiary/aromatic N) is 3. The Morgan fingerprint density at radius 1 is 1.00 bits per heavy atom. The van der Waals surface area contributed by atoms with Crippen LogP contribution in [0.2, 0.25) is 0 Å². The second kappa shape index (κ2) is 7.54. The maximum atomic E-state index is 12.7. The highest BCUT2D eigenvalue weighted by Gasteiger charge is 2.20. The molecule has 1 aliphatic rings. The predicted octanol–water partition coefficient (Wildman–Crippen LogP) is 3.13. The maximum absolute atomic E-state index is 12.7. The molecule has 1 saturated heterocycles. The van der Waals surface area contributed by atoms with Gasteiger partial charge in [-0.2, -0.15) is 0 Å². The Labute approximate surface area is 168 Å². The fourth-order valence-corrected chi connectivity index (χ4v) is 3.84. The van der Waals surface area contributed by atoms with Crippen molar-refractivity contribution in [1.82, 2.24) is 9.13 Å². The standard InChI is InChI=1S/C21H25N5O3/c1-24-18-12-16(23-20(27)22-14-7-6-8-15(11-14)29-3)17(26-9-4-5-10-26)13-19(18)25(2)21(24)28/h6-8,11-13H,4-5,9-10H2,1-3H3,(H2,22,23,27). The molecule has 1 fully saturated rings. The number of carbonyl (C=O) groups excluding carboxylic acids is 1. The molecule has 2 N–H and O–H groups in total. The molecule has 8 nitrogen and oxygen atoms in total. The number of aryl methyl sites for hydroxylation is 2. The van der Waals surface area contributed by atoms with Crippen molar-refractivity contribution in [1.29, 1.82) is 0 Å². The number of urea groups is 1. The predicted molar refractivity (Wildman–Crippen MR) is 115 cm³/mol. The zero-order valence-electron chi connectivity index (χ0n) is 16.9. The van der Waals surface area contributed by atoms with Gasteiger partial charge < -0.3 is 20.3 Å². The zero-order valence-corrected chi connectivity index (χ0v) is 16.9. The average molecular weight is 395 g/mol. The Hall–Kier alpha value is -3.42. The van der Waals surface area contributed by atoms with E-state index in [-0.39, 0.29) is 11.7 Å². The second-order valence-electron chi connectivity index (χ2n) is 7.26. The Morgan fingerprint density at radius 2 is 1.69 bits per heavy atom. The van der Waals surface area contributed by atoms with E-state index in [0.29, 0.717) is 17.1 Å². The lowest BCUT2D eigenvalue weighted by Gasteiger charge is -2.22. The highest BCUT2D eigenvalue weighted by Crippen LogP contribution is 2.33. The minimum absolute atomic E-state index is 0.0923. The molecule has 0 atom stereocenters. The number of aromatic nitrogens is 2. The normalized spacial score (nSPS) is 13.7. The third-order valence-electron chi connectivity index (χ3n) is 5.41. The van der Waals surface area contributed by atoms with Gasteiger partial charge in [-0.3, -0.25) is 9.13 Å². The second-order valence-corrected chi connectivity index (χ2v) is 7.26. The lowest BCUT2D eigenvalue weighted by atomic mass is 10.2. The summed E-state index contributed by atoms with van der Waals surface area (Å²) in [6.07, 6.45) is 2.22. The van der Waals surface area contributed by atoms with Gasteiger partial charge in [-0.15, -0.1) is 0 Å². The van der Waals surface area contributed by atoms with Crippen molar-refractivity contribution in [2.24, 2.45) is 14.1 Å². The number of imidazole rings is 1. The Kier molecular flexibility index (Phi) is 4.92. The first-order valence-corrected chi connectivity index (χ1v) is 9.64. The zero-order chi connectivity index (χ0) is 20.5. The molecule has 1 aliphatic heterocycles. The van der Waals surface area contributed by atoms with Crippen LogP contribution in [0.5, 0.6) is 5.75 Å². The summed E-state index contributed by atoms with van der Waals surface area (Å²) < 4.78 is 8.43. The molecule has 0 aliphatic carbocycles. The summed E-state index contributed by atoms with van der Waals surface area (Å²) in [6, 6.07) is 10.7. The van der Waals surface area contributed by atoms with E-state index in [2.05, 4.69) is 15.5 Å².